The van der Waals surface area contributed by atoms with Crippen LogP contribution in [-0.4, -0.2) is 40.9 Å². The van der Waals surface area contributed by atoms with Crippen LogP contribution in [-0.2, 0) is 4.84 Å². The molecule has 28 heavy (non-hydrogen) atoms. The summed E-state index contributed by atoms with van der Waals surface area (Å²) >= 11 is 5.36. The molecule has 0 spiro atoms. The number of hydroxylamine groups is 2. The molecule has 7 nitrogen and oxygen atoms in total. The molecule has 2 atom stereocenters. The quantitative estimate of drug-likeness (QED) is 0.260. The van der Waals surface area contributed by atoms with Gasteiger partial charge in [-0.25, -0.2) is 9.59 Å². The van der Waals surface area contributed by atoms with Crippen LogP contribution in [0.3, 0.4) is 0 Å². The third kappa shape index (κ3) is 7.91. The molecule has 160 valence electrons. The average Bonchev–Trinajstić information content (AvgIpc) is 3.15. The van der Waals surface area contributed by atoms with Crippen LogP contribution in [0.25, 0.3) is 0 Å². The highest BCUT2D eigenvalue weighted by Crippen LogP contribution is 2.15. The summed E-state index contributed by atoms with van der Waals surface area (Å²) in [6, 6.07) is -0.682. The van der Waals surface area contributed by atoms with Crippen molar-refractivity contribution in [1.82, 2.24) is 21.0 Å². The molecular weight excluding hydrogens is 376 g/mol. The van der Waals surface area contributed by atoms with Gasteiger partial charge >= 0.3 is 12.1 Å². The molecule has 2 fully saturated rings. The SMILES string of the molecule is CCCCCCCCCCCCCCC(=S)CON1C(=O)NC2NC(=O)NC21. The van der Waals surface area contributed by atoms with Gasteiger partial charge in [0.25, 0.3) is 0 Å². The zero-order valence-electron chi connectivity index (χ0n) is 17.1. The van der Waals surface area contributed by atoms with E-state index in [1.165, 1.54) is 70.6 Å². The Morgan fingerprint density at radius 2 is 1.46 bits per heavy atom. The predicted octanol–water partition coefficient (Wildman–Crippen LogP) is 4.37. The van der Waals surface area contributed by atoms with E-state index in [0.29, 0.717) is 0 Å². The highest BCUT2D eigenvalue weighted by molar-refractivity contribution is 7.80. The van der Waals surface area contributed by atoms with Gasteiger partial charge in [-0.3, -0.25) is 4.84 Å². The van der Waals surface area contributed by atoms with Gasteiger partial charge in [-0.05, 0) is 12.8 Å². The van der Waals surface area contributed by atoms with Crippen LogP contribution in [0.4, 0.5) is 9.59 Å². The molecule has 0 saturated carbocycles. The van der Waals surface area contributed by atoms with Crippen LogP contribution in [0.15, 0.2) is 0 Å². The Kier molecular flexibility index (Phi) is 10.6. The Balaban J connectivity index is 1.41. The summed E-state index contributed by atoms with van der Waals surface area (Å²) in [6.45, 7) is 2.48. The zero-order valence-corrected chi connectivity index (χ0v) is 18.0. The van der Waals surface area contributed by atoms with Crippen LogP contribution in [0, 0.1) is 0 Å². The van der Waals surface area contributed by atoms with Gasteiger partial charge in [0.15, 0.2) is 6.17 Å². The summed E-state index contributed by atoms with van der Waals surface area (Å²) in [5.74, 6) is 0. The van der Waals surface area contributed by atoms with Crippen molar-refractivity contribution in [3.8, 4) is 0 Å². The number of carbonyl (C=O) groups is 2. The van der Waals surface area contributed by atoms with Crippen LogP contribution in [0.2, 0.25) is 0 Å². The molecule has 0 aromatic carbocycles. The minimum Gasteiger partial charge on any atom is -0.314 e. The summed E-state index contributed by atoms with van der Waals surface area (Å²) < 4.78 is 0. The third-order valence-electron chi connectivity index (χ3n) is 5.29. The molecule has 2 saturated heterocycles. The van der Waals surface area contributed by atoms with E-state index in [2.05, 4.69) is 22.9 Å². The monoisotopic (exact) mass is 412 g/mol. The van der Waals surface area contributed by atoms with Gasteiger partial charge in [0.05, 0.1) is 0 Å². The van der Waals surface area contributed by atoms with Gasteiger partial charge < -0.3 is 16.0 Å². The Bertz CT molecular complexity index is 518. The smallest absolute Gasteiger partial charge is 0.314 e. The van der Waals surface area contributed by atoms with E-state index in [9.17, 15) is 9.59 Å². The highest BCUT2D eigenvalue weighted by atomic mass is 32.1. The second-order valence-corrected chi connectivity index (χ2v) is 8.34. The number of urea groups is 2. The third-order valence-corrected chi connectivity index (χ3v) is 5.61. The highest BCUT2D eigenvalue weighted by Gasteiger charge is 2.46. The number of amides is 4. The molecular formula is C20H36N4O3S. The molecule has 0 bridgehead atoms. The first-order chi connectivity index (χ1) is 13.6. The Morgan fingerprint density at radius 1 is 0.893 bits per heavy atom. The summed E-state index contributed by atoms with van der Waals surface area (Å²) in [6.07, 6.45) is 15.7. The topological polar surface area (TPSA) is 82.7 Å². The largest absolute Gasteiger partial charge is 0.345 e. The number of carbonyl (C=O) groups excluding carboxylic acids is 2. The van der Waals surface area contributed by atoms with E-state index >= 15 is 0 Å². The van der Waals surface area contributed by atoms with Gasteiger partial charge in [-0.1, -0.05) is 89.8 Å². The van der Waals surface area contributed by atoms with E-state index in [-0.39, 0.29) is 18.7 Å². The number of hydrogen-bond donors (Lipinski definition) is 3. The molecule has 3 N–H and O–H groups in total. The molecule has 8 heteroatoms. The lowest BCUT2D eigenvalue weighted by Crippen LogP contribution is -2.44. The number of nitrogens with one attached hydrogen (secondary N) is 3. The maximum atomic E-state index is 11.8. The van der Waals surface area contributed by atoms with E-state index in [1.807, 2.05) is 0 Å². The number of rotatable bonds is 16. The molecule has 2 aliphatic heterocycles. The molecule has 2 aliphatic rings. The summed E-state index contributed by atoms with van der Waals surface area (Å²) in [5, 5.41) is 9.04. The standard InChI is InChI=1S/C20H36N4O3S/c1-2-3-4-5-6-7-8-9-10-11-12-13-14-16(28)15-27-24-18-17(22-20(24)26)21-19(25)23-18/h17-18H,2-15H2,1H3,(H,22,26)(H2,21,23,25). The predicted molar refractivity (Wildman–Crippen MR) is 114 cm³/mol. The number of nitrogens with zero attached hydrogens (tertiary/aromatic N) is 1. The van der Waals surface area contributed by atoms with Crippen LogP contribution >= 0.6 is 12.2 Å². The van der Waals surface area contributed by atoms with E-state index in [1.54, 1.807) is 0 Å². The van der Waals surface area contributed by atoms with E-state index < -0.39 is 12.3 Å². The Morgan fingerprint density at radius 3 is 2.07 bits per heavy atom. The van der Waals surface area contributed by atoms with Gasteiger partial charge in [0.2, 0.25) is 0 Å². The summed E-state index contributed by atoms with van der Waals surface area (Å²) in [4.78, 5) is 29.5. The summed E-state index contributed by atoms with van der Waals surface area (Å²) in [5.41, 5.74) is 0. The zero-order chi connectivity index (χ0) is 20.2. The minimum atomic E-state index is -0.519. The van der Waals surface area contributed by atoms with Gasteiger partial charge in [-0.2, -0.15) is 5.06 Å². The maximum Gasteiger partial charge on any atom is 0.345 e. The first kappa shape index (κ1) is 22.9. The Labute approximate surface area is 174 Å². The lowest BCUT2D eigenvalue weighted by molar-refractivity contribution is -0.118. The molecule has 4 amide bonds. The van der Waals surface area contributed by atoms with Gasteiger partial charge in [0.1, 0.15) is 12.8 Å². The fourth-order valence-electron chi connectivity index (χ4n) is 3.63. The second kappa shape index (κ2) is 12.9. The van der Waals surface area contributed by atoms with Crippen LogP contribution in [0.1, 0.15) is 90.4 Å². The second-order valence-electron chi connectivity index (χ2n) is 7.77. The van der Waals surface area contributed by atoms with E-state index in [0.717, 1.165) is 22.8 Å². The molecule has 0 aromatic rings. The van der Waals surface area contributed by atoms with Crippen molar-refractivity contribution >= 4 is 29.1 Å². The van der Waals surface area contributed by atoms with Crippen molar-refractivity contribution in [2.75, 3.05) is 6.61 Å². The lowest BCUT2D eigenvalue weighted by Gasteiger charge is -2.20. The first-order valence-electron chi connectivity index (χ1n) is 10.9. The fourth-order valence-corrected chi connectivity index (χ4v) is 3.82. The van der Waals surface area contributed by atoms with Crippen molar-refractivity contribution in [3.63, 3.8) is 0 Å². The Hall–Kier alpha value is -1.41. The fraction of sp³-hybridized carbons (Fsp3) is 0.850. The number of thiocarbonyl (C=S) groups is 1. The minimum absolute atomic E-state index is 0.222. The van der Waals surface area contributed by atoms with Gasteiger partial charge in [0, 0.05) is 4.86 Å². The number of fused-ring (bicyclic) bond motifs is 1. The van der Waals surface area contributed by atoms with Crippen molar-refractivity contribution in [2.45, 2.75) is 103 Å². The van der Waals surface area contributed by atoms with Crippen molar-refractivity contribution < 1.29 is 14.4 Å². The molecule has 2 unspecified atom stereocenters. The average molecular weight is 413 g/mol. The maximum absolute atomic E-state index is 11.8. The lowest BCUT2D eigenvalue weighted by atomic mass is 10.0. The number of unbranched alkanes of at least 4 members (excludes halogenated alkanes) is 11. The molecule has 0 aromatic heterocycles. The summed E-state index contributed by atoms with van der Waals surface area (Å²) in [7, 11) is 0. The van der Waals surface area contributed by atoms with Gasteiger partial charge in [-0.15, -0.1) is 0 Å². The van der Waals surface area contributed by atoms with Crippen LogP contribution < -0.4 is 16.0 Å². The molecule has 2 rings (SSSR count). The van der Waals surface area contributed by atoms with Crippen molar-refractivity contribution in [2.24, 2.45) is 0 Å². The van der Waals surface area contributed by atoms with Crippen molar-refractivity contribution in [3.05, 3.63) is 0 Å². The van der Waals surface area contributed by atoms with Crippen LogP contribution in [0.5, 0.6) is 0 Å². The van der Waals surface area contributed by atoms with E-state index in [4.69, 9.17) is 17.1 Å². The molecule has 0 aliphatic carbocycles. The first-order valence-corrected chi connectivity index (χ1v) is 11.3. The normalized spacial score (nSPS) is 20.7. The molecule has 2 heterocycles. The molecule has 0 radical (unpaired) electrons. The number of hydrogen-bond acceptors (Lipinski definition) is 4. The van der Waals surface area contributed by atoms with Crippen molar-refractivity contribution in [1.29, 1.82) is 0 Å².